The van der Waals surface area contributed by atoms with Gasteiger partial charge in [-0.1, -0.05) is 13.8 Å². The molecule has 4 N–H and O–H groups in total. The van der Waals surface area contributed by atoms with Crippen molar-refractivity contribution < 1.29 is 29.1 Å². The molecule has 0 aliphatic heterocycles. The van der Waals surface area contributed by atoms with Crippen molar-refractivity contribution in [1.29, 1.82) is 0 Å². The lowest BCUT2D eigenvalue weighted by molar-refractivity contribution is -0.114. The number of phenols is 2. The van der Waals surface area contributed by atoms with E-state index in [1.54, 1.807) is 6.92 Å². The zero-order chi connectivity index (χ0) is 19.4. The number of carbonyl (C=O) groups is 2. The minimum Gasteiger partial charge on any atom is -0.508 e. The Hall–Kier alpha value is -3.23. The van der Waals surface area contributed by atoms with Crippen LogP contribution in [-0.4, -0.2) is 33.9 Å². The number of rotatable bonds is 5. The number of anilines is 1. The predicted molar refractivity (Wildman–Crippen MR) is 93.4 cm³/mol. The van der Waals surface area contributed by atoms with Crippen molar-refractivity contribution in [1.82, 2.24) is 10.5 Å². The van der Waals surface area contributed by atoms with Gasteiger partial charge in [-0.25, -0.2) is 4.79 Å². The van der Waals surface area contributed by atoms with Gasteiger partial charge in [-0.3, -0.25) is 4.79 Å². The lowest BCUT2D eigenvalue weighted by Crippen LogP contribution is -2.26. The van der Waals surface area contributed by atoms with Crippen molar-refractivity contribution in [3.63, 3.8) is 0 Å². The molecule has 0 fully saturated rings. The molecule has 0 aliphatic rings. The first-order chi connectivity index (χ1) is 12.2. The third kappa shape index (κ3) is 4.05. The van der Waals surface area contributed by atoms with Crippen LogP contribution < -0.4 is 15.4 Å². The minimum atomic E-state index is -0.767. The van der Waals surface area contributed by atoms with Crippen LogP contribution >= 0.6 is 0 Å². The Labute approximate surface area is 149 Å². The zero-order valence-corrected chi connectivity index (χ0v) is 14.9. The molecule has 0 aliphatic carbocycles. The molecule has 2 amide bonds. The Kier molecular flexibility index (Phi) is 5.71. The van der Waals surface area contributed by atoms with Crippen LogP contribution in [0.3, 0.4) is 0 Å². The normalized spacial score (nSPS) is 10.7. The van der Waals surface area contributed by atoms with Gasteiger partial charge in [0, 0.05) is 19.5 Å². The lowest BCUT2D eigenvalue weighted by Gasteiger charge is -2.12. The SMILES string of the molecule is CCNC(=O)Oc1noc(-c2cc(C(C)C)c(O)cc2O)c1NC(C)=O. The second kappa shape index (κ2) is 7.77. The number of aromatic hydroxyl groups is 2. The molecule has 0 saturated heterocycles. The van der Waals surface area contributed by atoms with E-state index in [1.807, 2.05) is 13.8 Å². The highest BCUT2D eigenvalue weighted by Crippen LogP contribution is 2.43. The summed E-state index contributed by atoms with van der Waals surface area (Å²) in [5, 5.41) is 28.8. The van der Waals surface area contributed by atoms with Crippen molar-refractivity contribution in [2.45, 2.75) is 33.6 Å². The molecule has 0 atom stereocenters. The van der Waals surface area contributed by atoms with Gasteiger partial charge in [-0.05, 0) is 29.6 Å². The Morgan fingerprint density at radius 2 is 1.96 bits per heavy atom. The quantitative estimate of drug-likeness (QED) is 0.641. The molecule has 1 aromatic heterocycles. The van der Waals surface area contributed by atoms with Crippen LogP contribution in [0.5, 0.6) is 17.4 Å². The van der Waals surface area contributed by atoms with Crippen LogP contribution in [-0.2, 0) is 4.79 Å². The van der Waals surface area contributed by atoms with E-state index in [4.69, 9.17) is 9.26 Å². The van der Waals surface area contributed by atoms with E-state index in [9.17, 15) is 19.8 Å². The summed E-state index contributed by atoms with van der Waals surface area (Å²) in [7, 11) is 0. The van der Waals surface area contributed by atoms with Gasteiger partial charge in [0.15, 0.2) is 11.4 Å². The maximum absolute atomic E-state index is 11.6. The number of phenolic OH excluding ortho intramolecular Hbond substituents is 2. The molecule has 2 rings (SSSR count). The van der Waals surface area contributed by atoms with Crippen LogP contribution in [0.4, 0.5) is 10.5 Å². The Morgan fingerprint density at radius 1 is 1.27 bits per heavy atom. The zero-order valence-electron chi connectivity index (χ0n) is 14.9. The number of benzene rings is 1. The molecular weight excluding hydrogens is 342 g/mol. The van der Waals surface area contributed by atoms with Crippen LogP contribution in [0.2, 0.25) is 0 Å². The topological polar surface area (TPSA) is 134 Å². The minimum absolute atomic E-state index is 0.000510. The van der Waals surface area contributed by atoms with Crippen molar-refractivity contribution in [3.05, 3.63) is 17.7 Å². The largest absolute Gasteiger partial charge is 0.508 e. The molecule has 0 spiro atoms. The summed E-state index contributed by atoms with van der Waals surface area (Å²) in [4.78, 5) is 23.2. The molecule has 0 saturated carbocycles. The maximum atomic E-state index is 11.6. The monoisotopic (exact) mass is 363 g/mol. The van der Waals surface area contributed by atoms with E-state index in [0.717, 1.165) is 0 Å². The first-order valence-electron chi connectivity index (χ1n) is 8.03. The Morgan fingerprint density at radius 3 is 2.54 bits per heavy atom. The van der Waals surface area contributed by atoms with Gasteiger partial charge in [0.2, 0.25) is 5.91 Å². The van der Waals surface area contributed by atoms with Gasteiger partial charge in [-0.2, -0.15) is 0 Å². The van der Waals surface area contributed by atoms with Gasteiger partial charge in [0.1, 0.15) is 11.5 Å². The second-order valence-electron chi connectivity index (χ2n) is 5.88. The van der Waals surface area contributed by atoms with E-state index >= 15 is 0 Å². The number of nitrogens with zero attached hydrogens (tertiary/aromatic N) is 1. The smallest absolute Gasteiger partial charge is 0.414 e. The maximum Gasteiger partial charge on any atom is 0.414 e. The van der Waals surface area contributed by atoms with E-state index < -0.39 is 12.0 Å². The number of hydrogen-bond acceptors (Lipinski definition) is 7. The Balaban J connectivity index is 2.55. The van der Waals surface area contributed by atoms with E-state index in [0.29, 0.717) is 12.1 Å². The first-order valence-corrected chi connectivity index (χ1v) is 8.03. The lowest BCUT2D eigenvalue weighted by atomic mass is 9.97. The standard InChI is InChI=1S/C17H21N3O6/c1-5-18-17(24)25-16-14(19-9(4)21)15(26-20-16)11-6-10(8(2)3)12(22)7-13(11)23/h6-8,22-23H,5H2,1-4H3,(H,18,24)(H,19,21). The molecule has 1 heterocycles. The summed E-state index contributed by atoms with van der Waals surface area (Å²) in [5.41, 5.74) is 0.752. The van der Waals surface area contributed by atoms with E-state index in [2.05, 4.69) is 15.8 Å². The number of aromatic nitrogens is 1. The third-order valence-electron chi connectivity index (χ3n) is 3.48. The molecule has 1 aromatic carbocycles. The van der Waals surface area contributed by atoms with Gasteiger partial charge in [0.05, 0.1) is 5.56 Å². The number of amides is 2. The average molecular weight is 363 g/mol. The summed E-state index contributed by atoms with van der Waals surface area (Å²) >= 11 is 0. The molecule has 2 aromatic rings. The van der Waals surface area contributed by atoms with Crippen molar-refractivity contribution in [3.8, 4) is 28.7 Å². The summed E-state index contributed by atoms with van der Waals surface area (Å²) in [5.74, 6) is -1.08. The highest BCUT2D eigenvalue weighted by atomic mass is 16.6. The summed E-state index contributed by atoms with van der Waals surface area (Å²) in [6, 6.07) is 2.70. The summed E-state index contributed by atoms with van der Waals surface area (Å²) in [6.07, 6.45) is -0.767. The fourth-order valence-corrected chi connectivity index (χ4v) is 2.32. The van der Waals surface area contributed by atoms with Crippen molar-refractivity contribution in [2.24, 2.45) is 0 Å². The summed E-state index contributed by atoms with van der Waals surface area (Å²) in [6.45, 7) is 7.06. The number of ether oxygens (including phenoxy) is 1. The Bertz CT molecular complexity index is 828. The second-order valence-corrected chi connectivity index (χ2v) is 5.88. The number of carbonyl (C=O) groups excluding carboxylic acids is 2. The fourth-order valence-electron chi connectivity index (χ4n) is 2.32. The molecule has 9 heteroatoms. The molecule has 26 heavy (non-hydrogen) atoms. The molecular formula is C17H21N3O6. The highest BCUT2D eigenvalue weighted by molar-refractivity contribution is 5.96. The van der Waals surface area contributed by atoms with Crippen LogP contribution in [0.1, 0.15) is 39.2 Å². The predicted octanol–water partition coefficient (Wildman–Crippen LogP) is 2.94. The van der Waals surface area contributed by atoms with Crippen molar-refractivity contribution in [2.75, 3.05) is 11.9 Å². The van der Waals surface area contributed by atoms with Gasteiger partial charge < -0.3 is 30.1 Å². The molecule has 0 radical (unpaired) electrons. The molecule has 0 unspecified atom stereocenters. The summed E-state index contributed by atoms with van der Waals surface area (Å²) < 4.78 is 10.2. The van der Waals surface area contributed by atoms with Gasteiger partial charge in [0.25, 0.3) is 5.88 Å². The van der Waals surface area contributed by atoms with Crippen molar-refractivity contribution >= 4 is 17.7 Å². The van der Waals surface area contributed by atoms with E-state index in [-0.39, 0.29) is 40.3 Å². The van der Waals surface area contributed by atoms with E-state index in [1.165, 1.54) is 19.1 Å². The van der Waals surface area contributed by atoms with Crippen LogP contribution in [0.15, 0.2) is 16.7 Å². The highest BCUT2D eigenvalue weighted by Gasteiger charge is 2.25. The molecule has 140 valence electrons. The van der Waals surface area contributed by atoms with Crippen LogP contribution in [0.25, 0.3) is 11.3 Å². The fraction of sp³-hybridized carbons (Fsp3) is 0.353. The number of hydrogen-bond donors (Lipinski definition) is 4. The van der Waals surface area contributed by atoms with Gasteiger partial charge >= 0.3 is 6.09 Å². The molecule has 0 bridgehead atoms. The third-order valence-corrected chi connectivity index (χ3v) is 3.48. The first kappa shape index (κ1) is 19.1. The van der Waals surface area contributed by atoms with Crippen LogP contribution in [0, 0.1) is 0 Å². The molecule has 9 nitrogen and oxygen atoms in total. The average Bonchev–Trinajstić information content (AvgIpc) is 2.89. The number of nitrogens with one attached hydrogen (secondary N) is 2. The van der Waals surface area contributed by atoms with Gasteiger partial charge in [-0.15, -0.1) is 0 Å².